The van der Waals surface area contributed by atoms with E-state index in [1.165, 1.54) is 15.8 Å². The topological polar surface area (TPSA) is 64.0 Å². The Morgan fingerprint density at radius 2 is 2.19 bits per heavy atom. The number of hydrogen-bond acceptors (Lipinski definition) is 4. The highest BCUT2D eigenvalue weighted by molar-refractivity contribution is 7.18. The van der Waals surface area contributed by atoms with Crippen LogP contribution in [0.25, 0.3) is 10.2 Å². The third-order valence-corrected chi connectivity index (χ3v) is 6.30. The summed E-state index contributed by atoms with van der Waals surface area (Å²) in [4.78, 5) is 31.7. The molecule has 0 fully saturated rings. The number of nitrogens with zero attached hydrogens (tertiary/aromatic N) is 2. The first kappa shape index (κ1) is 17.2. The lowest BCUT2D eigenvalue weighted by Gasteiger charge is -2.16. The van der Waals surface area contributed by atoms with Crippen LogP contribution in [-0.4, -0.2) is 15.5 Å². The van der Waals surface area contributed by atoms with Crippen molar-refractivity contribution in [3.8, 4) is 0 Å². The number of benzene rings is 1. The highest BCUT2D eigenvalue weighted by atomic mass is 35.5. The molecule has 1 aliphatic rings. The van der Waals surface area contributed by atoms with Gasteiger partial charge >= 0.3 is 0 Å². The van der Waals surface area contributed by atoms with Crippen LogP contribution >= 0.6 is 22.9 Å². The van der Waals surface area contributed by atoms with Gasteiger partial charge in [-0.05, 0) is 43.4 Å². The van der Waals surface area contributed by atoms with Crippen molar-refractivity contribution < 1.29 is 4.79 Å². The molecule has 1 amide bonds. The number of nitrogens with one attached hydrogen (secondary N) is 1. The Morgan fingerprint density at radius 3 is 3.00 bits per heavy atom. The molecule has 7 heteroatoms. The Balaban J connectivity index is 1.56. The van der Waals surface area contributed by atoms with Crippen LogP contribution in [0.2, 0.25) is 5.02 Å². The number of rotatable bonds is 4. The Labute approximate surface area is 159 Å². The molecule has 0 saturated heterocycles. The summed E-state index contributed by atoms with van der Waals surface area (Å²) in [6.07, 6.45) is 4.50. The van der Waals surface area contributed by atoms with Crippen LogP contribution in [0.15, 0.2) is 35.4 Å². The fourth-order valence-electron chi connectivity index (χ4n) is 3.48. The number of fused-ring (bicyclic) bond motifs is 3. The molecule has 1 aliphatic carbocycles. The SMILES string of the molecule is CC(NC(=O)Cn1cnc2sc3c(c2c1=O)CCC3)c1ccccc1Cl. The Bertz CT molecular complexity index is 1060. The maximum absolute atomic E-state index is 12.8. The highest BCUT2D eigenvalue weighted by Gasteiger charge is 2.22. The van der Waals surface area contributed by atoms with E-state index in [1.807, 2.05) is 25.1 Å². The lowest BCUT2D eigenvalue weighted by atomic mass is 10.1. The van der Waals surface area contributed by atoms with Gasteiger partial charge in [-0.25, -0.2) is 4.98 Å². The molecular formula is C19H18ClN3O2S. The summed E-state index contributed by atoms with van der Waals surface area (Å²) in [5, 5.41) is 4.20. The van der Waals surface area contributed by atoms with Crippen LogP contribution < -0.4 is 10.9 Å². The Morgan fingerprint density at radius 1 is 1.38 bits per heavy atom. The van der Waals surface area contributed by atoms with Gasteiger partial charge in [0.15, 0.2) is 0 Å². The lowest BCUT2D eigenvalue weighted by Crippen LogP contribution is -2.34. The summed E-state index contributed by atoms with van der Waals surface area (Å²) < 4.78 is 1.39. The molecule has 0 spiro atoms. The van der Waals surface area contributed by atoms with Gasteiger partial charge in [-0.2, -0.15) is 0 Å². The minimum atomic E-state index is -0.243. The maximum atomic E-state index is 12.8. The van der Waals surface area contributed by atoms with Gasteiger partial charge in [0, 0.05) is 9.90 Å². The summed E-state index contributed by atoms with van der Waals surface area (Å²) in [7, 11) is 0. The number of aromatic nitrogens is 2. The van der Waals surface area contributed by atoms with Crippen molar-refractivity contribution in [2.45, 2.75) is 38.8 Å². The normalized spacial score (nSPS) is 14.4. The van der Waals surface area contributed by atoms with E-state index in [9.17, 15) is 9.59 Å². The first-order chi connectivity index (χ1) is 12.5. The second-order valence-corrected chi connectivity index (χ2v) is 8.02. The van der Waals surface area contributed by atoms with Gasteiger partial charge in [0.05, 0.1) is 17.8 Å². The number of carbonyl (C=O) groups is 1. The first-order valence-corrected chi connectivity index (χ1v) is 9.77. The van der Waals surface area contributed by atoms with Crippen LogP contribution in [0.1, 0.15) is 35.4 Å². The van der Waals surface area contributed by atoms with Gasteiger partial charge in [0.25, 0.3) is 5.56 Å². The molecule has 2 aromatic heterocycles. The largest absolute Gasteiger partial charge is 0.348 e. The van der Waals surface area contributed by atoms with E-state index in [0.717, 1.165) is 35.2 Å². The predicted octanol–water partition coefficient (Wildman–Crippen LogP) is 3.48. The lowest BCUT2D eigenvalue weighted by molar-refractivity contribution is -0.122. The molecule has 0 radical (unpaired) electrons. The van der Waals surface area contributed by atoms with Crippen LogP contribution in [-0.2, 0) is 24.2 Å². The molecule has 5 nitrogen and oxygen atoms in total. The van der Waals surface area contributed by atoms with Gasteiger partial charge in [0.2, 0.25) is 5.91 Å². The summed E-state index contributed by atoms with van der Waals surface area (Å²) in [5.41, 5.74) is 1.84. The zero-order valence-electron chi connectivity index (χ0n) is 14.3. The van der Waals surface area contributed by atoms with Crippen molar-refractivity contribution in [1.29, 1.82) is 0 Å². The minimum absolute atomic E-state index is 0.0544. The zero-order chi connectivity index (χ0) is 18.3. The van der Waals surface area contributed by atoms with Crippen LogP contribution in [0.4, 0.5) is 0 Å². The van der Waals surface area contributed by atoms with E-state index in [-0.39, 0.29) is 24.1 Å². The number of thiophene rings is 1. The molecule has 1 N–H and O–H groups in total. The van der Waals surface area contributed by atoms with E-state index in [0.29, 0.717) is 10.4 Å². The minimum Gasteiger partial charge on any atom is -0.348 e. The molecule has 3 aromatic rings. The number of carbonyl (C=O) groups excluding carboxylic acids is 1. The summed E-state index contributed by atoms with van der Waals surface area (Å²) in [6.45, 7) is 1.82. The number of amides is 1. The second kappa shape index (κ2) is 6.85. The molecule has 26 heavy (non-hydrogen) atoms. The van der Waals surface area contributed by atoms with Crippen molar-refractivity contribution in [2.24, 2.45) is 0 Å². The molecule has 4 rings (SSSR count). The predicted molar refractivity (Wildman–Crippen MR) is 104 cm³/mol. The van der Waals surface area contributed by atoms with Crippen LogP contribution in [0.3, 0.4) is 0 Å². The molecule has 2 heterocycles. The van der Waals surface area contributed by atoms with Gasteiger partial charge in [-0.1, -0.05) is 29.8 Å². The highest BCUT2D eigenvalue weighted by Crippen LogP contribution is 2.34. The molecule has 0 bridgehead atoms. The number of hydrogen-bond donors (Lipinski definition) is 1. The smallest absolute Gasteiger partial charge is 0.262 e. The third-order valence-electron chi connectivity index (χ3n) is 4.75. The van der Waals surface area contributed by atoms with E-state index in [1.54, 1.807) is 17.4 Å². The fraction of sp³-hybridized carbons (Fsp3) is 0.316. The Hall–Kier alpha value is -2.18. The molecule has 1 unspecified atom stereocenters. The molecule has 134 valence electrons. The monoisotopic (exact) mass is 387 g/mol. The maximum Gasteiger partial charge on any atom is 0.262 e. The van der Waals surface area contributed by atoms with Gasteiger partial charge in [0.1, 0.15) is 11.4 Å². The van der Waals surface area contributed by atoms with Gasteiger partial charge < -0.3 is 5.32 Å². The van der Waals surface area contributed by atoms with E-state index < -0.39 is 0 Å². The summed E-state index contributed by atoms with van der Waals surface area (Å²) in [5.74, 6) is -0.243. The Kier molecular flexibility index (Phi) is 4.54. The third kappa shape index (κ3) is 3.04. The molecule has 0 aliphatic heterocycles. The molecule has 1 atom stereocenters. The van der Waals surface area contributed by atoms with Crippen LogP contribution in [0.5, 0.6) is 0 Å². The number of halogens is 1. The molecular weight excluding hydrogens is 370 g/mol. The van der Waals surface area contributed by atoms with Crippen molar-refractivity contribution >= 4 is 39.1 Å². The zero-order valence-corrected chi connectivity index (χ0v) is 15.9. The van der Waals surface area contributed by atoms with Gasteiger partial charge in [-0.15, -0.1) is 11.3 Å². The average molecular weight is 388 g/mol. The fourth-order valence-corrected chi connectivity index (χ4v) is 5.00. The quantitative estimate of drug-likeness (QED) is 0.745. The number of aryl methyl sites for hydroxylation is 2. The van der Waals surface area contributed by atoms with Gasteiger partial charge in [-0.3, -0.25) is 14.2 Å². The van der Waals surface area contributed by atoms with E-state index in [4.69, 9.17) is 11.6 Å². The van der Waals surface area contributed by atoms with E-state index >= 15 is 0 Å². The standard InChI is InChI=1S/C19H18ClN3O2S/c1-11(12-5-2-3-7-14(12)20)22-16(24)9-23-10-21-18-17(19(23)25)13-6-4-8-15(13)26-18/h2-3,5,7,10-11H,4,6,8-9H2,1H3,(H,22,24). The van der Waals surface area contributed by atoms with Crippen molar-refractivity contribution in [2.75, 3.05) is 0 Å². The second-order valence-electron chi connectivity index (χ2n) is 6.53. The van der Waals surface area contributed by atoms with Crippen molar-refractivity contribution in [3.05, 3.63) is 62.0 Å². The summed E-state index contributed by atoms with van der Waals surface area (Å²) >= 11 is 7.78. The first-order valence-electron chi connectivity index (χ1n) is 8.58. The summed E-state index contributed by atoms with van der Waals surface area (Å²) in [6, 6.07) is 7.15. The van der Waals surface area contributed by atoms with Crippen LogP contribution in [0, 0.1) is 0 Å². The van der Waals surface area contributed by atoms with Crippen molar-refractivity contribution in [1.82, 2.24) is 14.9 Å². The van der Waals surface area contributed by atoms with E-state index in [2.05, 4.69) is 10.3 Å². The van der Waals surface area contributed by atoms with Crippen molar-refractivity contribution in [3.63, 3.8) is 0 Å². The molecule has 0 saturated carbocycles. The molecule has 1 aromatic carbocycles. The average Bonchev–Trinajstić information content (AvgIpc) is 3.18.